The maximum atomic E-state index is 12.7. The minimum Gasteiger partial charge on any atom is -0.480 e. The first-order valence-electron chi connectivity index (χ1n) is 7.85. The van der Waals surface area contributed by atoms with Crippen molar-refractivity contribution in [3.63, 3.8) is 0 Å². The van der Waals surface area contributed by atoms with Crippen LogP contribution in [0, 0.1) is 5.92 Å². The molecule has 2 heterocycles. The lowest BCUT2D eigenvalue weighted by Gasteiger charge is -2.41. The average Bonchev–Trinajstić information content (AvgIpc) is 2.46. The monoisotopic (exact) mass is 297 g/mol. The van der Waals surface area contributed by atoms with E-state index in [4.69, 9.17) is 0 Å². The number of hydrogen-bond acceptors (Lipinski definition) is 3. The van der Waals surface area contributed by atoms with Crippen LogP contribution in [0.25, 0.3) is 0 Å². The van der Waals surface area contributed by atoms with E-state index in [2.05, 4.69) is 18.9 Å². The van der Waals surface area contributed by atoms with Gasteiger partial charge in [-0.05, 0) is 51.7 Å². The summed E-state index contributed by atoms with van der Waals surface area (Å²) in [7, 11) is 3.90. The van der Waals surface area contributed by atoms with Crippen LogP contribution in [0.1, 0.15) is 32.6 Å². The quantitative estimate of drug-likeness (QED) is 0.835. The molecule has 0 bridgehead atoms. The van der Waals surface area contributed by atoms with Gasteiger partial charge in [-0.1, -0.05) is 6.92 Å². The third kappa shape index (κ3) is 3.67. The Labute approximate surface area is 126 Å². The van der Waals surface area contributed by atoms with Crippen molar-refractivity contribution in [1.82, 2.24) is 14.7 Å². The summed E-state index contributed by atoms with van der Waals surface area (Å²) in [6.45, 7) is 4.58. The van der Waals surface area contributed by atoms with Crippen LogP contribution in [-0.2, 0) is 4.79 Å². The van der Waals surface area contributed by atoms with E-state index < -0.39 is 12.0 Å². The summed E-state index contributed by atoms with van der Waals surface area (Å²) in [6, 6.07) is -0.568. The van der Waals surface area contributed by atoms with Crippen molar-refractivity contribution in [3.8, 4) is 0 Å². The molecule has 2 aliphatic heterocycles. The molecule has 21 heavy (non-hydrogen) atoms. The standard InChI is InChI=1S/C15H27N3O3/c1-11-4-9-18(13(10-11)14(19)20)15(21)17(3)12-5-7-16(2)8-6-12/h11-13H,4-10H2,1-3H3,(H,19,20). The van der Waals surface area contributed by atoms with Gasteiger partial charge in [0.15, 0.2) is 0 Å². The summed E-state index contributed by atoms with van der Waals surface area (Å²) < 4.78 is 0. The normalized spacial score (nSPS) is 28.4. The van der Waals surface area contributed by atoms with Crippen LogP contribution in [-0.4, -0.2) is 77.6 Å². The molecule has 2 amide bonds. The number of urea groups is 1. The van der Waals surface area contributed by atoms with Crippen molar-refractivity contribution in [2.75, 3.05) is 33.7 Å². The lowest BCUT2D eigenvalue weighted by atomic mass is 9.92. The molecule has 2 aliphatic rings. The lowest BCUT2D eigenvalue weighted by molar-refractivity contribution is -0.144. The highest BCUT2D eigenvalue weighted by atomic mass is 16.4. The molecule has 6 nitrogen and oxygen atoms in total. The number of carbonyl (C=O) groups is 2. The van der Waals surface area contributed by atoms with E-state index in [-0.39, 0.29) is 12.1 Å². The van der Waals surface area contributed by atoms with Gasteiger partial charge in [-0.3, -0.25) is 0 Å². The fourth-order valence-electron chi connectivity index (χ4n) is 3.35. The third-order valence-corrected chi connectivity index (χ3v) is 4.93. The number of carboxylic acid groups (broad SMARTS) is 1. The number of carboxylic acids is 1. The first kappa shape index (κ1) is 16.1. The van der Waals surface area contributed by atoms with Gasteiger partial charge in [0.25, 0.3) is 0 Å². The van der Waals surface area contributed by atoms with E-state index in [1.807, 2.05) is 7.05 Å². The molecule has 2 saturated heterocycles. The highest BCUT2D eigenvalue weighted by Crippen LogP contribution is 2.25. The molecule has 0 aromatic rings. The Bertz CT molecular complexity index is 394. The van der Waals surface area contributed by atoms with Gasteiger partial charge >= 0.3 is 12.0 Å². The van der Waals surface area contributed by atoms with Gasteiger partial charge in [-0.25, -0.2) is 9.59 Å². The van der Waals surface area contributed by atoms with E-state index in [0.717, 1.165) is 32.4 Å². The topological polar surface area (TPSA) is 64.1 Å². The SMILES string of the molecule is CC1CCN(C(=O)N(C)C2CCN(C)CC2)C(C(=O)O)C1. The highest BCUT2D eigenvalue weighted by molar-refractivity contribution is 5.83. The zero-order valence-electron chi connectivity index (χ0n) is 13.3. The first-order chi connectivity index (χ1) is 9.90. The summed E-state index contributed by atoms with van der Waals surface area (Å²) in [5, 5.41) is 9.38. The molecule has 2 atom stereocenters. The van der Waals surface area contributed by atoms with Gasteiger partial charge in [0, 0.05) is 19.6 Å². The molecule has 0 saturated carbocycles. The van der Waals surface area contributed by atoms with Gasteiger partial charge in [-0.2, -0.15) is 0 Å². The van der Waals surface area contributed by atoms with Gasteiger partial charge < -0.3 is 19.8 Å². The predicted molar refractivity (Wildman–Crippen MR) is 80.2 cm³/mol. The van der Waals surface area contributed by atoms with E-state index in [0.29, 0.717) is 18.9 Å². The van der Waals surface area contributed by atoms with Gasteiger partial charge in [0.1, 0.15) is 6.04 Å². The van der Waals surface area contributed by atoms with Crippen LogP contribution in [0.15, 0.2) is 0 Å². The minimum absolute atomic E-state index is 0.121. The van der Waals surface area contributed by atoms with Crippen molar-refractivity contribution >= 4 is 12.0 Å². The number of rotatable bonds is 2. The van der Waals surface area contributed by atoms with Crippen molar-refractivity contribution in [2.45, 2.75) is 44.7 Å². The Kier molecular flexibility index (Phi) is 5.08. The maximum absolute atomic E-state index is 12.7. The number of hydrogen-bond donors (Lipinski definition) is 1. The highest BCUT2D eigenvalue weighted by Gasteiger charge is 2.37. The Morgan fingerprint density at radius 2 is 1.76 bits per heavy atom. The van der Waals surface area contributed by atoms with Crippen molar-refractivity contribution < 1.29 is 14.7 Å². The first-order valence-corrected chi connectivity index (χ1v) is 7.85. The Morgan fingerprint density at radius 1 is 1.14 bits per heavy atom. The molecular formula is C15H27N3O3. The Morgan fingerprint density at radius 3 is 2.33 bits per heavy atom. The van der Waals surface area contributed by atoms with Crippen molar-refractivity contribution in [2.24, 2.45) is 5.92 Å². The third-order valence-electron chi connectivity index (χ3n) is 4.93. The largest absolute Gasteiger partial charge is 0.480 e. The van der Waals surface area contributed by atoms with E-state index in [1.165, 1.54) is 0 Å². The molecule has 0 aromatic carbocycles. The zero-order chi connectivity index (χ0) is 15.6. The van der Waals surface area contributed by atoms with Crippen molar-refractivity contribution in [3.05, 3.63) is 0 Å². The van der Waals surface area contributed by atoms with Crippen LogP contribution in [0.4, 0.5) is 4.79 Å². The summed E-state index contributed by atoms with van der Waals surface area (Å²) in [5.41, 5.74) is 0. The molecule has 6 heteroatoms. The lowest BCUT2D eigenvalue weighted by Crippen LogP contribution is -2.56. The molecule has 0 spiro atoms. The molecule has 2 fully saturated rings. The van der Waals surface area contributed by atoms with Crippen molar-refractivity contribution in [1.29, 1.82) is 0 Å². The fraction of sp³-hybridized carbons (Fsp3) is 0.867. The summed E-state index contributed by atoms with van der Waals surface area (Å²) in [5.74, 6) is -0.518. The molecule has 0 aliphatic carbocycles. The molecule has 0 aromatic heterocycles. The molecule has 0 radical (unpaired) electrons. The van der Waals surface area contributed by atoms with Crippen LogP contribution >= 0.6 is 0 Å². The number of carbonyl (C=O) groups excluding carboxylic acids is 1. The van der Waals surface area contributed by atoms with Crippen LogP contribution in [0.3, 0.4) is 0 Å². The van der Waals surface area contributed by atoms with E-state index >= 15 is 0 Å². The molecule has 2 rings (SSSR count). The van der Waals surface area contributed by atoms with E-state index in [9.17, 15) is 14.7 Å². The fourth-order valence-corrected chi connectivity index (χ4v) is 3.35. The summed E-state index contributed by atoms with van der Waals surface area (Å²) >= 11 is 0. The molecule has 2 unspecified atom stereocenters. The summed E-state index contributed by atoms with van der Waals surface area (Å²) in [6.07, 6.45) is 3.36. The zero-order valence-corrected chi connectivity index (χ0v) is 13.3. The minimum atomic E-state index is -0.883. The Hall–Kier alpha value is -1.30. The Balaban J connectivity index is 2.01. The number of aliphatic carboxylic acids is 1. The molecule has 120 valence electrons. The molecule has 1 N–H and O–H groups in total. The smallest absolute Gasteiger partial charge is 0.326 e. The van der Waals surface area contributed by atoms with Gasteiger partial charge in [-0.15, -0.1) is 0 Å². The van der Waals surface area contributed by atoms with Crippen LogP contribution in [0.5, 0.6) is 0 Å². The van der Waals surface area contributed by atoms with Gasteiger partial charge in [0.05, 0.1) is 0 Å². The van der Waals surface area contributed by atoms with Crippen LogP contribution < -0.4 is 0 Å². The second-order valence-corrected chi connectivity index (χ2v) is 6.60. The maximum Gasteiger partial charge on any atom is 0.326 e. The summed E-state index contributed by atoms with van der Waals surface area (Å²) in [4.78, 5) is 29.7. The second kappa shape index (κ2) is 6.64. The molecular weight excluding hydrogens is 270 g/mol. The number of amides is 2. The number of piperidine rings is 2. The van der Waals surface area contributed by atoms with Crippen LogP contribution in [0.2, 0.25) is 0 Å². The second-order valence-electron chi connectivity index (χ2n) is 6.60. The van der Waals surface area contributed by atoms with Gasteiger partial charge in [0.2, 0.25) is 0 Å². The number of likely N-dealkylation sites (tertiary alicyclic amines) is 2. The number of nitrogens with zero attached hydrogens (tertiary/aromatic N) is 3. The van der Waals surface area contributed by atoms with E-state index in [1.54, 1.807) is 9.80 Å². The predicted octanol–water partition coefficient (Wildman–Crippen LogP) is 1.32. The average molecular weight is 297 g/mol.